The number of nitrogens with one attached hydrogen (secondary N) is 1. The average molecular weight is 882 g/mol. The molecule has 3 rings (SSSR count). The molecule has 0 amide bonds. The molecular weight excluding hydrogens is 799 g/mol. The van der Waals surface area contributed by atoms with Crippen molar-refractivity contribution >= 4 is 0 Å². The lowest BCUT2D eigenvalue weighted by Gasteiger charge is -2.07. The van der Waals surface area contributed by atoms with Crippen molar-refractivity contribution in [2.75, 3.05) is 13.2 Å². The number of hydrogen-bond acceptors (Lipinski definition) is 5. The predicted molar refractivity (Wildman–Crippen MR) is 273 cm³/mol. The third-order valence-corrected chi connectivity index (χ3v) is 11.4. The third kappa shape index (κ3) is 27.9. The van der Waals surface area contributed by atoms with Crippen molar-refractivity contribution in [1.29, 1.82) is 0 Å². The molecule has 0 aliphatic carbocycles. The molecule has 6 nitrogen and oxygen atoms in total. The highest BCUT2D eigenvalue weighted by molar-refractivity contribution is 5.47. The van der Waals surface area contributed by atoms with Crippen LogP contribution in [0.5, 0.6) is 11.5 Å². The number of H-pyrrole nitrogens is 1. The van der Waals surface area contributed by atoms with Crippen molar-refractivity contribution in [2.24, 2.45) is 0 Å². The maximum Gasteiger partial charge on any atom is 0.184 e. The van der Waals surface area contributed by atoms with Crippen molar-refractivity contribution < 1.29 is 9.47 Å². The Balaban J connectivity index is 1.76. The third-order valence-electron chi connectivity index (χ3n) is 11.4. The Bertz CT molecular complexity index is 1910. The van der Waals surface area contributed by atoms with Crippen LogP contribution in [0.2, 0.25) is 0 Å². The summed E-state index contributed by atoms with van der Waals surface area (Å²) in [7, 11) is 0. The lowest BCUT2D eigenvalue weighted by atomic mass is 10.1. The van der Waals surface area contributed by atoms with Gasteiger partial charge < -0.3 is 14.5 Å². The molecule has 3 aromatic rings. The van der Waals surface area contributed by atoms with Gasteiger partial charge in [0.05, 0.1) is 24.6 Å². The number of ether oxygens (including phenoxy) is 2. The molecule has 0 unspecified atom stereocenters. The summed E-state index contributed by atoms with van der Waals surface area (Å²) in [6.45, 7) is 10.3. The van der Waals surface area contributed by atoms with E-state index < -0.39 is 0 Å². The van der Waals surface area contributed by atoms with Gasteiger partial charge in [0.15, 0.2) is 5.43 Å². The minimum atomic E-state index is -0.189. The molecule has 352 valence electrons. The first-order chi connectivity index (χ1) is 32.0. The van der Waals surface area contributed by atoms with E-state index in [1.165, 1.54) is 153 Å². The Kier molecular flexibility index (Phi) is 31.3. The van der Waals surface area contributed by atoms with E-state index in [1.807, 2.05) is 24.3 Å². The van der Waals surface area contributed by atoms with Crippen LogP contribution in [0.4, 0.5) is 0 Å². The fraction of sp³-hybridized carbons (Fsp3) is 0.610. The maximum atomic E-state index is 12.9. The van der Waals surface area contributed by atoms with Gasteiger partial charge in [-0.1, -0.05) is 194 Å². The van der Waals surface area contributed by atoms with Crippen LogP contribution in [0.15, 0.2) is 41.2 Å². The van der Waals surface area contributed by atoms with Crippen molar-refractivity contribution in [3.05, 3.63) is 80.8 Å². The zero-order valence-electron chi connectivity index (χ0n) is 41.2. The summed E-state index contributed by atoms with van der Waals surface area (Å²) in [5, 5.41) is 0. The summed E-state index contributed by atoms with van der Waals surface area (Å²) in [6.07, 6.45) is 36.4. The molecule has 0 spiro atoms. The highest BCUT2D eigenvalue weighted by Crippen LogP contribution is 2.18. The standard InChI is InChI=1S/C59H83N3O3/c1-5-9-13-17-21-23-25-27-29-33-37-51-47-58(64-43-35-31-19-15-11-7-3)49-55(60-51)41-39-53-45-57(63)46-54(62-53)40-42-56-50-59(65-44-36-32-20-16-12-8-4)48-52(61-56)38-34-30-28-26-24-22-18-14-10-6-2/h45-50H,5-32,35-36,43-44H2,1-4H3,(H,62,63). The first-order valence-corrected chi connectivity index (χ1v) is 26.1. The van der Waals surface area contributed by atoms with Crippen molar-refractivity contribution in [3.8, 4) is 58.9 Å². The first-order valence-electron chi connectivity index (χ1n) is 26.1. The smallest absolute Gasteiger partial charge is 0.184 e. The zero-order valence-corrected chi connectivity index (χ0v) is 41.2. The van der Waals surface area contributed by atoms with Gasteiger partial charge in [-0.3, -0.25) is 4.79 Å². The summed E-state index contributed by atoms with van der Waals surface area (Å²) in [5.41, 5.74) is 3.07. The number of aromatic amines is 1. The monoisotopic (exact) mass is 882 g/mol. The second-order valence-corrected chi connectivity index (χ2v) is 17.6. The van der Waals surface area contributed by atoms with E-state index in [0.717, 1.165) is 51.4 Å². The molecular formula is C59H83N3O3. The fourth-order valence-corrected chi connectivity index (χ4v) is 7.52. The average Bonchev–Trinajstić information content (AvgIpc) is 3.30. The Morgan fingerprint density at radius 2 is 0.692 bits per heavy atom. The van der Waals surface area contributed by atoms with Crippen LogP contribution in [0.3, 0.4) is 0 Å². The Morgan fingerprint density at radius 3 is 1.05 bits per heavy atom. The minimum Gasteiger partial charge on any atom is -0.493 e. The fourth-order valence-electron chi connectivity index (χ4n) is 7.52. The molecule has 65 heavy (non-hydrogen) atoms. The molecule has 0 saturated heterocycles. The summed E-state index contributed by atoms with van der Waals surface area (Å²) < 4.78 is 12.4. The van der Waals surface area contributed by atoms with Gasteiger partial charge in [-0.2, -0.15) is 0 Å². The number of aromatic nitrogens is 3. The van der Waals surface area contributed by atoms with E-state index >= 15 is 0 Å². The van der Waals surface area contributed by atoms with Crippen LogP contribution in [0.1, 0.15) is 254 Å². The molecule has 0 fully saturated rings. The molecule has 0 radical (unpaired) electrons. The van der Waals surface area contributed by atoms with Crippen LogP contribution < -0.4 is 14.9 Å². The van der Waals surface area contributed by atoms with E-state index in [2.05, 4.69) is 80.0 Å². The van der Waals surface area contributed by atoms with Gasteiger partial charge in [-0.15, -0.1) is 0 Å². The second kappa shape index (κ2) is 37.3. The first kappa shape index (κ1) is 54.4. The highest BCUT2D eigenvalue weighted by Gasteiger charge is 2.05. The summed E-state index contributed by atoms with van der Waals surface area (Å²) >= 11 is 0. The molecule has 0 aromatic carbocycles. The quantitative estimate of drug-likeness (QED) is 0.0499. The summed E-state index contributed by atoms with van der Waals surface area (Å²) in [4.78, 5) is 25.6. The largest absolute Gasteiger partial charge is 0.493 e. The van der Waals surface area contributed by atoms with E-state index in [-0.39, 0.29) is 5.43 Å². The summed E-state index contributed by atoms with van der Waals surface area (Å²) in [6, 6.07) is 10.5. The van der Waals surface area contributed by atoms with Gasteiger partial charge in [-0.25, -0.2) is 9.97 Å². The lowest BCUT2D eigenvalue weighted by Crippen LogP contribution is -2.03. The molecule has 0 aliphatic rings. The minimum absolute atomic E-state index is 0.189. The van der Waals surface area contributed by atoms with Gasteiger partial charge in [0.1, 0.15) is 34.3 Å². The SMILES string of the molecule is CCCCCCCCCCC#Cc1cc(OCCCCCCCC)cc(C#Cc2cc(=O)cc(C#Cc3cc(OCCCCCCCC)cc(C#CCCCCCCCCCC)n3)[nH]2)n1. The van der Waals surface area contributed by atoms with Gasteiger partial charge >= 0.3 is 0 Å². The lowest BCUT2D eigenvalue weighted by molar-refractivity contribution is 0.303. The van der Waals surface area contributed by atoms with E-state index in [0.29, 0.717) is 58.9 Å². The van der Waals surface area contributed by atoms with Crippen LogP contribution in [-0.4, -0.2) is 28.2 Å². The van der Waals surface area contributed by atoms with Gasteiger partial charge in [0.2, 0.25) is 0 Å². The topological polar surface area (TPSA) is 77.1 Å². The van der Waals surface area contributed by atoms with Gasteiger partial charge in [0, 0.05) is 49.2 Å². The van der Waals surface area contributed by atoms with Crippen LogP contribution in [-0.2, 0) is 0 Å². The second-order valence-electron chi connectivity index (χ2n) is 17.6. The molecule has 0 atom stereocenters. The van der Waals surface area contributed by atoms with Gasteiger partial charge in [-0.05, 0) is 61.2 Å². The van der Waals surface area contributed by atoms with Crippen molar-refractivity contribution in [1.82, 2.24) is 15.0 Å². The molecule has 1 N–H and O–H groups in total. The highest BCUT2D eigenvalue weighted by atomic mass is 16.5. The van der Waals surface area contributed by atoms with Crippen LogP contribution in [0, 0.1) is 47.4 Å². The van der Waals surface area contributed by atoms with Crippen molar-refractivity contribution in [2.45, 2.75) is 220 Å². The number of unbranched alkanes of at least 4 members (excludes halogenated alkanes) is 26. The molecule has 3 aromatic heterocycles. The number of nitrogens with zero attached hydrogens (tertiary/aromatic N) is 2. The van der Waals surface area contributed by atoms with Crippen LogP contribution in [0.25, 0.3) is 0 Å². The van der Waals surface area contributed by atoms with E-state index in [9.17, 15) is 4.79 Å². The Morgan fingerprint density at radius 1 is 0.385 bits per heavy atom. The van der Waals surface area contributed by atoms with Crippen molar-refractivity contribution in [3.63, 3.8) is 0 Å². The molecule has 6 heteroatoms. The summed E-state index contributed by atoms with van der Waals surface area (Å²) in [5.74, 6) is 27.2. The van der Waals surface area contributed by atoms with Crippen LogP contribution >= 0.6 is 0 Å². The van der Waals surface area contributed by atoms with Gasteiger partial charge in [0.25, 0.3) is 0 Å². The molecule has 3 heterocycles. The van der Waals surface area contributed by atoms with E-state index in [1.54, 1.807) is 0 Å². The number of pyridine rings is 3. The predicted octanol–water partition coefficient (Wildman–Crippen LogP) is 15.2. The Labute approximate surface area is 396 Å². The number of hydrogen-bond donors (Lipinski definition) is 1. The number of rotatable bonds is 32. The molecule has 0 aliphatic heterocycles. The normalized spacial score (nSPS) is 10.5. The molecule has 0 bridgehead atoms. The zero-order chi connectivity index (χ0) is 46.3. The maximum absolute atomic E-state index is 12.9. The van der Waals surface area contributed by atoms with E-state index in [4.69, 9.17) is 19.4 Å². The Hall–Kier alpha value is -4.91. The molecule has 0 saturated carbocycles.